The number of aromatic nitrogens is 1. The topological polar surface area (TPSA) is 54.4 Å². The number of pyridine rings is 1. The molecule has 4 heteroatoms. The first-order chi connectivity index (χ1) is 10.8. The van der Waals surface area contributed by atoms with Gasteiger partial charge in [0.2, 0.25) is 0 Å². The summed E-state index contributed by atoms with van der Waals surface area (Å²) in [4.78, 5) is 16.5. The van der Waals surface area contributed by atoms with E-state index in [-0.39, 0.29) is 11.8 Å². The van der Waals surface area contributed by atoms with Crippen molar-refractivity contribution in [3.63, 3.8) is 0 Å². The van der Waals surface area contributed by atoms with Crippen LogP contribution in [0.25, 0.3) is 0 Å². The number of hydrazone groups is 1. The fourth-order valence-corrected chi connectivity index (χ4v) is 2.81. The smallest absolute Gasteiger partial charge is 0.267 e. The van der Waals surface area contributed by atoms with Crippen LogP contribution in [0.3, 0.4) is 0 Å². The maximum atomic E-state index is 12.1. The molecule has 22 heavy (non-hydrogen) atoms. The summed E-state index contributed by atoms with van der Waals surface area (Å²) >= 11 is 0. The van der Waals surface area contributed by atoms with Gasteiger partial charge < -0.3 is 0 Å². The van der Waals surface area contributed by atoms with Crippen LogP contribution in [-0.2, 0) is 0 Å². The molecule has 0 radical (unpaired) electrons. The van der Waals surface area contributed by atoms with E-state index in [2.05, 4.69) is 15.5 Å². The molecule has 1 saturated carbocycles. The van der Waals surface area contributed by atoms with Crippen molar-refractivity contribution < 1.29 is 4.79 Å². The van der Waals surface area contributed by atoms with Gasteiger partial charge in [-0.15, -0.1) is 0 Å². The zero-order valence-corrected chi connectivity index (χ0v) is 12.4. The number of benzene rings is 1. The SMILES string of the molecule is O=C(NN=C1CCCCC1c1ccccn1)c1ccccc1. The molecule has 0 spiro atoms. The van der Waals surface area contributed by atoms with Crippen LogP contribution in [0.15, 0.2) is 59.8 Å². The lowest BCUT2D eigenvalue weighted by Crippen LogP contribution is -2.25. The minimum atomic E-state index is -0.168. The molecule has 4 nitrogen and oxygen atoms in total. The van der Waals surface area contributed by atoms with Crippen molar-refractivity contribution >= 4 is 11.6 Å². The van der Waals surface area contributed by atoms with Gasteiger partial charge >= 0.3 is 0 Å². The largest absolute Gasteiger partial charge is 0.271 e. The van der Waals surface area contributed by atoms with Crippen molar-refractivity contribution in [2.45, 2.75) is 31.6 Å². The highest BCUT2D eigenvalue weighted by Crippen LogP contribution is 2.29. The molecule has 1 atom stereocenters. The van der Waals surface area contributed by atoms with E-state index in [1.165, 1.54) is 6.42 Å². The van der Waals surface area contributed by atoms with E-state index < -0.39 is 0 Å². The summed E-state index contributed by atoms with van der Waals surface area (Å²) in [5.74, 6) is 0.0458. The Morgan fingerprint density at radius 3 is 2.68 bits per heavy atom. The Bertz CT molecular complexity index is 653. The molecular weight excluding hydrogens is 274 g/mol. The minimum Gasteiger partial charge on any atom is -0.267 e. The number of nitrogens with zero attached hydrogens (tertiary/aromatic N) is 2. The van der Waals surface area contributed by atoms with Gasteiger partial charge in [-0.05, 0) is 43.5 Å². The van der Waals surface area contributed by atoms with Gasteiger partial charge in [0.25, 0.3) is 5.91 Å². The lowest BCUT2D eigenvalue weighted by molar-refractivity contribution is 0.0954. The third-order valence-corrected chi connectivity index (χ3v) is 3.96. The first-order valence-corrected chi connectivity index (χ1v) is 7.67. The molecule has 2 aromatic rings. The van der Waals surface area contributed by atoms with Crippen molar-refractivity contribution in [2.75, 3.05) is 0 Å². The van der Waals surface area contributed by atoms with E-state index in [1.54, 1.807) is 12.1 Å². The molecule has 112 valence electrons. The van der Waals surface area contributed by atoms with Gasteiger partial charge in [0.05, 0.1) is 0 Å². The van der Waals surface area contributed by atoms with E-state index in [1.807, 2.05) is 42.6 Å². The monoisotopic (exact) mass is 293 g/mol. The predicted molar refractivity (Wildman–Crippen MR) is 86.8 cm³/mol. The van der Waals surface area contributed by atoms with Gasteiger partial charge in [-0.3, -0.25) is 9.78 Å². The Labute approximate surface area is 130 Å². The molecule has 0 bridgehead atoms. The van der Waals surface area contributed by atoms with Crippen LogP contribution in [0.4, 0.5) is 0 Å². The Balaban J connectivity index is 1.75. The van der Waals surface area contributed by atoms with Gasteiger partial charge in [-0.1, -0.05) is 30.7 Å². The fourth-order valence-electron chi connectivity index (χ4n) is 2.81. The minimum absolute atomic E-state index is 0.168. The van der Waals surface area contributed by atoms with Crippen molar-refractivity contribution in [2.24, 2.45) is 5.10 Å². The van der Waals surface area contributed by atoms with Crippen LogP contribution in [0.2, 0.25) is 0 Å². The first kappa shape index (κ1) is 14.4. The highest BCUT2D eigenvalue weighted by Gasteiger charge is 2.23. The fraction of sp³-hybridized carbons (Fsp3) is 0.278. The second-order valence-corrected chi connectivity index (χ2v) is 5.46. The maximum absolute atomic E-state index is 12.1. The molecule has 3 rings (SSSR count). The number of carbonyl (C=O) groups is 1. The van der Waals surface area contributed by atoms with E-state index in [4.69, 9.17) is 0 Å². The van der Waals surface area contributed by atoms with Crippen LogP contribution < -0.4 is 5.43 Å². The number of amides is 1. The molecule has 1 N–H and O–H groups in total. The zero-order chi connectivity index (χ0) is 15.2. The molecule has 1 aromatic carbocycles. The molecule has 1 aromatic heterocycles. The van der Waals surface area contributed by atoms with Crippen molar-refractivity contribution in [1.82, 2.24) is 10.4 Å². The number of nitrogens with one attached hydrogen (secondary N) is 1. The van der Waals surface area contributed by atoms with Gasteiger partial charge in [-0.25, -0.2) is 5.43 Å². The van der Waals surface area contributed by atoms with E-state index in [0.717, 1.165) is 30.7 Å². The highest BCUT2D eigenvalue weighted by molar-refractivity contribution is 5.96. The van der Waals surface area contributed by atoms with E-state index in [0.29, 0.717) is 5.56 Å². The lowest BCUT2D eigenvalue weighted by atomic mass is 9.85. The van der Waals surface area contributed by atoms with E-state index >= 15 is 0 Å². The Hall–Kier alpha value is -2.49. The maximum Gasteiger partial charge on any atom is 0.271 e. The van der Waals surface area contributed by atoms with Crippen LogP contribution in [0.1, 0.15) is 47.7 Å². The molecule has 1 fully saturated rings. The second-order valence-electron chi connectivity index (χ2n) is 5.46. The molecule has 1 aliphatic rings. The standard InChI is InChI=1S/C18H19N3O/c22-18(14-8-2-1-3-9-14)21-20-17-12-5-4-10-15(17)16-11-6-7-13-19-16/h1-3,6-9,11,13,15H,4-5,10,12H2,(H,21,22). The summed E-state index contributed by atoms with van der Waals surface area (Å²) in [6.45, 7) is 0. The lowest BCUT2D eigenvalue weighted by Gasteiger charge is -2.23. The third kappa shape index (κ3) is 3.39. The summed E-state index contributed by atoms with van der Waals surface area (Å²) in [5, 5.41) is 4.39. The molecular formula is C18H19N3O. The van der Waals surface area contributed by atoms with Crippen molar-refractivity contribution in [3.05, 3.63) is 66.0 Å². The first-order valence-electron chi connectivity index (χ1n) is 7.67. The van der Waals surface area contributed by atoms with Gasteiger partial charge in [-0.2, -0.15) is 5.10 Å². The van der Waals surface area contributed by atoms with Gasteiger partial charge in [0.15, 0.2) is 0 Å². The predicted octanol–water partition coefficient (Wildman–Crippen LogP) is 3.53. The molecule has 1 aliphatic carbocycles. The average Bonchev–Trinajstić information content (AvgIpc) is 2.61. The summed E-state index contributed by atoms with van der Waals surface area (Å²) in [6, 6.07) is 15.1. The highest BCUT2D eigenvalue weighted by atomic mass is 16.2. The molecule has 0 aliphatic heterocycles. The van der Waals surface area contributed by atoms with Gasteiger partial charge in [0, 0.05) is 29.1 Å². The summed E-state index contributed by atoms with van der Waals surface area (Å²) in [7, 11) is 0. The number of carbonyl (C=O) groups excluding carboxylic acids is 1. The van der Waals surface area contributed by atoms with Crippen LogP contribution >= 0.6 is 0 Å². The number of hydrogen-bond acceptors (Lipinski definition) is 3. The van der Waals surface area contributed by atoms with Gasteiger partial charge in [0.1, 0.15) is 0 Å². The molecule has 1 amide bonds. The van der Waals surface area contributed by atoms with Crippen molar-refractivity contribution in [1.29, 1.82) is 0 Å². The Morgan fingerprint density at radius 1 is 1.09 bits per heavy atom. The van der Waals surface area contributed by atoms with Crippen LogP contribution in [0.5, 0.6) is 0 Å². The molecule has 1 unspecified atom stereocenters. The quantitative estimate of drug-likeness (QED) is 0.880. The third-order valence-electron chi connectivity index (χ3n) is 3.96. The summed E-state index contributed by atoms with van der Waals surface area (Å²) < 4.78 is 0. The summed E-state index contributed by atoms with van der Waals surface area (Å²) in [6.07, 6.45) is 6.05. The number of rotatable bonds is 3. The van der Waals surface area contributed by atoms with Crippen LogP contribution in [-0.4, -0.2) is 16.6 Å². The van der Waals surface area contributed by atoms with E-state index in [9.17, 15) is 4.79 Å². The normalized spacial score (nSPS) is 19.8. The van der Waals surface area contributed by atoms with Crippen LogP contribution in [0, 0.1) is 0 Å². The summed E-state index contributed by atoms with van der Waals surface area (Å²) in [5.41, 5.74) is 5.37. The number of hydrogen-bond donors (Lipinski definition) is 1. The Morgan fingerprint density at radius 2 is 1.91 bits per heavy atom. The Kier molecular flexibility index (Phi) is 4.59. The average molecular weight is 293 g/mol. The second kappa shape index (κ2) is 6.98. The zero-order valence-electron chi connectivity index (χ0n) is 12.4. The molecule has 0 saturated heterocycles. The molecule has 1 heterocycles. The van der Waals surface area contributed by atoms with Crippen molar-refractivity contribution in [3.8, 4) is 0 Å².